The second kappa shape index (κ2) is 2.89. The lowest BCUT2D eigenvalue weighted by Gasteiger charge is -2.09. The lowest BCUT2D eigenvalue weighted by Crippen LogP contribution is -2.32. The van der Waals surface area contributed by atoms with E-state index in [0.29, 0.717) is 13.0 Å². The fourth-order valence-corrected chi connectivity index (χ4v) is 2.70. The second-order valence-corrected chi connectivity index (χ2v) is 6.26. The van der Waals surface area contributed by atoms with Crippen molar-refractivity contribution in [2.75, 3.05) is 6.54 Å². The van der Waals surface area contributed by atoms with Crippen LogP contribution in [0, 0.1) is 0 Å². The standard InChI is InChI=1S/C7H10FNOS2/c1-7(8)2-4(9-3-7)5(10)6-11-12-6/h4,6,9H,2-3H2,1H3/t4-,7?/m0/s1. The Bertz CT molecular complexity index is 217. The van der Waals surface area contributed by atoms with Gasteiger partial charge in [-0.3, -0.25) is 4.79 Å². The van der Waals surface area contributed by atoms with Crippen molar-refractivity contribution >= 4 is 27.4 Å². The third kappa shape index (κ3) is 1.78. The van der Waals surface area contributed by atoms with Crippen LogP contribution in [-0.2, 0) is 4.79 Å². The normalized spacial score (nSPS) is 41.7. The van der Waals surface area contributed by atoms with Gasteiger partial charge in [-0.15, -0.1) is 0 Å². The third-order valence-electron chi connectivity index (χ3n) is 2.11. The zero-order valence-corrected chi connectivity index (χ0v) is 8.30. The first-order valence-corrected chi connectivity index (χ1v) is 6.14. The van der Waals surface area contributed by atoms with Crippen LogP contribution in [0.15, 0.2) is 0 Å². The Kier molecular flexibility index (Phi) is 2.13. The van der Waals surface area contributed by atoms with Crippen LogP contribution in [0.2, 0.25) is 0 Å². The summed E-state index contributed by atoms with van der Waals surface area (Å²) in [5, 5.41) is 2.92. The molecule has 0 aromatic heterocycles. The molecule has 0 amide bonds. The molecule has 0 saturated carbocycles. The van der Waals surface area contributed by atoms with Crippen LogP contribution < -0.4 is 5.32 Å². The van der Waals surface area contributed by atoms with E-state index in [-0.39, 0.29) is 16.4 Å². The number of hydrogen-bond acceptors (Lipinski definition) is 4. The highest BCUT2D eigenvalue weighted by molar-refractivity contribution is 8.93. The number of Topliss-reactive ketones (excluding diaryl/α,β-unsaturated/α-hetero) is 1. The van der Waals surface area contributed by atoms with Crippen LogP contribution >= 0.6 is 21.6 Å². The minimum atomic E-state index is -1.19. The summed E-state index contributed by atoms with van der Waals surface area (Å²) in [6.07, 6.45) is 0.337. The molecule has 1 N–H and O–H groups in total. The Balaban J connectivity index is 1.94. The molecule has 12 heavy (non-hydrogen) atoms. The van der Waals surface area contributed by atoms with E-state index < -0.39 is 5.67 Å². The Hall–Kier alpha value is 0.260. The average molecular weight is 207 g/mol. The van der Waals surface area contributed by atoms with E-state index in [4.69, 9.17) is 0 Å². The van der Waals surface area contributed by atoms with E-state index in [2.05, 4.69) is 5.32 Å². The van der Waals surface area contributed by atoms with Gasteiger partial charge < -0.3 is 5.32 Å². The molecule has 2 aliphatic heterocycles. The molecule has 0 aromatic rings. The number of ketones is 1. The summed E-state index contributed by atoms with van der Waals surface area (Å²) in [7, 11) is 3.14. The molecule has 2 rings (SSSR count). The summed E-state index contributed by atoms with van der Waals surface area (Å²) in [5.41, 5.74) is -1.19. The Morgan fingerprint density at radius 3 is 2.75 bits per heavy atom. The van der Waals surface area contributed by atoms with Crippen molar-refractivity contribution in [2.24, 2.45) is 0 Å². The van der Waals surface area contributed by atoms with Gasteiger partial charge in [0.1, 0.15) is 10.3 Å². The second-order valence-electron chi connectivity index (χ2n) is 3.48. The first kappa shape index (κ1) is 8.84. The highest BCUT2D eigenvalue weighted by Crippen LogP contribution is 2.54. The van der Waals surface area contributed by atoms with E-state index in [1.54, 1.807) is 28.5 Å². The molecule has 2 aliphatic rings. The Labute approximate surface area is 78.4 Å². The van der Waals surface area contributed by atoms with Crippen LogP contribution in [0.5, 0.6) is 0 Å². The molecule has 0 aromatic carbocycles. The van der Waals surface area contributed by atoms with Crippen molar-refractivity contribution in [3.05, 3.63) is 0 Å². The van der Waals surface area contributed by atoms with Gasteiger partial charge >= 0.3 is 0 Å². The van der Waals surface area contributed by atoms with Crippen molar-refractivity contribution in [3.8, 4) is 0 Å². The number of alkyl halides is 1. The lowest BCUT2D eigenvalue weighted by atomic mass is 10.0. The van der Waals surface area contributed by atoms with Gasteiger partial charge in [0.2, 0.25) is 0 Å². The van der Waals surface area contributed by atoms with Crippen LogP contribution in [-0.4, -0.2) is 28.6 Å². The number of halogens is 1. The maximum absolute atomic E-state index is 13.3. The summed E-state index contributed by atoms with van der Waals surface area (Å²) < 4.78 is 13.4. The van der Waals surface area contributed by atoms with Crippen LogP contribution in [0.25, 0.3) is 0 Å². The molecule has 2 saturated heterocycles. The predicted octanol–water partition coefficient (Wildman–Crippen LogP) is 1.37. The number of rotatable bonds is 2. The van der Waals surface area contributed by atoms with Gasteiger partial charge in [0.25, 0.3) is 0 Å². The van der Waals surface area contributed by atoms with Gasteiger partial charge in [-0.25, -0.2) is 4.39 Å². The molecule has 2 heterocycles. The molecule has 0 radical (unpaired) electrons. The quantitative estimate of drug-likeness (QED) is 0.547. The molecule has 2 atom stereocenters. The lowest BCUT2D eigenvalue weighted by molar-refractivity contribution is -0.118. The van der Waals surface area contributed by atoms with E-state index in [9.17, 15) is 9.18 Å². The molecule has 68 valence electrons. The van der Waals surface area contributed by atoms with Crippen LogP contribution in [0.4, 0.5) is 4.39 Å². The van der Waals surface area contributed by atoms with Crippen molar-refractivity contribution in [3.63, 3.8) is 0 Å². The maximum Gasteiger partial charge on any atom is 0.174 e. The third-order valence-corrected chi connectivity index (χ3v) is 4.12. The van der Waals surface area contributed by atoms with Gasteiger partial charge in [0.05, 0.1) is 6.04 Å². The molecule has 0 spiro atoms. The maximum atomic E-state index is 13.3. The van der Waals surface area contributed by atoms with Gasteiger partial charge in [0.15, 0.2) is 5.78 Å². The van der Waals surface area contributed by atoms with Crippen LogP contribution in [0.1, 0.15) is 13.3 Å². The van der Waals surface area contributed by atoms with E-state index >= 15 is 0 Å². The van der Waals surface area contributed by atoms with Gasteiger partial charge in [0, 0.05) is 13.0 Å². The van der Waals surface area contributed by atoms with Gasteiger partial charge in [-0.1, -0.05) is 21.6 Å². The minimum Gasteiger partial charge on any atom is -0.304 e. The number of nitrogens with one attached hydrogen (secondary N) is 1. The fraction of sp³-hybridized carbons (Fsp3) is 0.857. The predicted molar refractivity (Wildman–Crippen MR) is 49.9 cm³/mol. The molecule has 1 unspecified atom stereocenters. The number of hydrogen-bond donors (Lipinski definition) is 1. The fourth-order valence-electron chi connectivity index (χ4n) is 1.39. The monoisotopic (exact) mass is 207 g/mol. The largest absolute Gasteiger partial charge is 0.304 e. The molecule has 0 aliphatic carbocycles. The van der Waals surface area contributed by atoms with Gasteiger partial charge in [-0.05, 0) is 6.92 Å². The van der Waals surface area contributed by atoms with Gasteiger partial charge in [-0.2, -0.15) is 0 Å². The molecule has 2 fully saturated rings. The van der Waals surface area contributed by atoms with E-state index in [1.165, 1.54) is 0 Å². The van der Waals surface area contributed by atoms with Crippen molar-refractivity contribution in [2.45, 2.75) is 29.6 Å². The Morgan fingerprint density at radius 1 is 1.67 bits per heavy atom. The molecular formula is C7H10FNOS2. The van der Waals surface area contributed by atoms with E-state index in [0.717, 1.165) is 0 Å². The topological polar surface area (TPSA) is 29.1 Å². The molecular weight excluding hydrogens is 197 g/mol. The van der Waals surface area contributed by atoms with Crippen molar-refractivity contribution in [1.82, 2.24) is 5.32 Å². The summed E-state index contributed by atoms with van der Waals surface area (Å²) in [4.78, 5) is 11.4. The molecule has 5 heteroatoms. The highest BCUT2D eigenvalue weighted by atomic mass is 33.2. The summed E-state index contributed by atoms with van der Waals surface area (Å²) in [5.74, 6) is 0.159. The summed E-state index contributed by atoms with van der Waals surface area (Å²) >= 11 is 0. The van der Waals surface area contributed by atoms with Crippen LogP contribution in [0.3, 0.4) is 0 Å². The summed E-state index contributed by atoms with van der Waals surface area (Å²) in [6, 6.07) is -0.243. The minimum absolute atomic E-state index is 0.0800. The molecule has 2 nitrogen and oxygen atoms in total. The molecule has 0 bridgehead atoms. The smallest absolute Gasteiger partial charge is 0.174 e. The summed E-state index contributed by atoms with van der Waals surface area (Å²) in [6.45, 7) is 1.85. The first-order valence-electron chi connectivity index (χ1n) is 3.87. The van der Waals surface area contributed by atoms with E-state index in [1.807, 2.05) is 0 Å². The number of carbonyl (C=O) groups is 1. The first-order chi connectivity index (χ1) is 5.58. The average Bonchev–Trinajstić information content (AvgIpc) is 2.75. The number of carbonyl (C=O) groups excluding carboxylic acids is 1. The highest BCUT2D eigenvalue weighted by Gasteiger charge is 2.44. The van der Waals surface area contributed by atoms with Crippen molar-refractivity contribution in [1.29, 1.82) is 0 Å². The Morgan fingerprint density at radius 2 is 2.33 bits per heavy atom. The SMILES string of the molecule is CC1(F)CN[C@H](C(=O)C2SS2)C1. The zero-order chi connectivity index (χ0) is 8.77. The van der Waals surface area contributed by atoms with Crippen molar-refractivity contribution < 1.29 is 9.18 Å². The zero-order valence-electron chi connectivity index (χ0n) is 6.67.